The van der Waals surface area contributed by atoms with Gasteiger partial charge in [0, 0.05) is 12.5 Å². The molecule has 1 saturated heterocycles. The van der Waals surface area contributed by atoms with Crippen molar-refractivity contribution in [1.82, 2.24) is 5.32 Å². The van der Waals surface area contributed by atoms with Crippen LogP contribution in [0.25, 0.3) is 0 Å². The molecule has 2 fully saturated rings. The molecule has 3 nitrogen and oxygen atoms in total. The van der Waals surface area contributed by atoms with Crippen LogP contribution in [0.1, 0.15) is 17.9 Å². The molecule has 0 aromatic heterocycles. The Morgan fingerprint density at radius 1 is 1.38 bits per heavy atom. The van der Waals surface area contributed by atoms with Crippen LogP contribution in [0, 0.1) is 5.92 Å². The van der Waals surface area contributed by atoms with Crippen LogP contribution in [-0.2, 0) is 9.53 Å². The quantitative estimate of drug-likeness (QED) is 0.772. The zero-order chi connectivity index (χ0) is 11.0. The second-order valence-corrected chi connectivity index (χ2v) is 4.56. The predicted octanol–water partition coefficient (Wildman–Crippen LogP) is 1.31. The van der Waals surface area contributed by atoms with Gasteiger partial charge in [0.15, 0.2) is 0 Å². The summed E-state index contributed by atoms with van der Waals surface area (Å²) >= 11 is 0. The van der Waals surface area contributed by atoms with Crippen molar-refractivity contribution in [1.29, 1.82) is 0 Å². The van der Waals surface area contributed by atoms with Gasteiger partial charge in [-0.25, -0.2) is 0 Å². The fourth-order valence-electron chi connectivity index (χ4n) is 2.08. The van der Waals surface area contributed by atoms with Crippen LogP contribution >= 0.6 is 0 Å². The standard InChI is InChI=1S/C13H15NO2/c15-13(14-7-10-8-16-10)12-6-11(12)9-4-2-1-3-5-9/h1-5,10-12H,6-8H2,(H,14,15)/t10-,11+,12-/m0/s1. The number of nitrogens with one attached hydrogen (secondary N) is 1. The van der Waals surface area contributed by atoms with Gasteiger partial charge in [-0.3, -0.25) is 4.79 Å². The van der Waals surface area contributed by atoms with E-state index in [1.165, 1.54) is 5.56 Å². The van der Waals surface area contributed by atoms with Crippen molar-refractivity contribution < 1.29 is 9.53 Å². The van der Waals surface area contributed by atoms with E-state index in [0.29, 0.717) is 12.5 Å². The topological polar surface area (TPSA) is 41.6 Å². The molecule has 16 heavy (non-hydrogen) atoms. The van der Waals surface area contributed by atoms with E-state index in [0.717, 1.165) is 13.0 Å². The molecule has 1 aliphatic heterocycles. The Bertz CT molecular complexity index is 386. The SMILES string of the molecule is O=C(NC[C@H]1CO1)[C@H]1C[C@@H]1c1ccccc1. The normalized spacial score (nSPS) is 30.9. The minimum atomic E-state index is 0.182. The van der Waals surface area contributed by atoms with Gasteiger partial charge in [0.25, 0.3) is 0 Å². The lowest BCUT2D eigenvalue weighted by atomic mass is 10.1. The number of carbonyl (C=O) groups excluding carboxylic acids is 1. The summed E-state index contributed by atoms with van der Waals surface area (Å²) in [7, 11) is 0. The molecule has 3 atom stereocenters. The Balaban J connectivity index is 1.52. The largest absolute Gasteiger partial charge is 0.371 e. The van der Waals surface area contributed by atoms with Crippen molar-refractivity contribution in [2.75, 3.05) is 13.2 Å². The number of benzene rings is 1. The summed E-state index contributed by atoms with van der Waals surface area (Å²) < 4.78 is 5.06. The number of rotatable bonds is 4. The average molecular weight is 217 g/mol. The van der Waals surface area contributed by atoms with Gasteiger partial charge in [-0.2, -0.15) is 0 Å². The Morgan fingerprint density at radius 3 is 2.81 bits per heavy atom. The Hall–Kier alpha value is -1.35. The van der Waals surface area contributed by atoms with E-state index in [-0.39, 0.29) is 17.9 Å². The second-order valence-electron chi connectivity index (χ2n) is 4.56. The molecular formula is C13H15NO2. The number of amides is 1. The molecule has 84 valence electrons. The van der Waals surface area contributed by atoms with Gasteiger partial charge in [0.2, 0.25) is 5.91 Å². The number of hydrogen-bond acceptors (Lipinski definition) is 2. The summed E-state index contributed by atoms with van der Waals surface area (Å²) in [6, 6.07) is 10.3. The first-order chi connectivity index (χ1) is 7.84. The number of hydrogen-bond donors (Lipinski definition) is 1. The monoisotopic (exact) mass is 217 g/mol. The van der Waals surface area contributed by atoms with E-state index in [1.54, 1.807) is 0 Å². The predicted molar refractivity (Wildman–Crippen MR) is 60.0 cm³/mol. The van der Waals surface area contributed by atoms with Crippen molar-refractivity contribution in [2.24, 2.45) is 5.92 Å². The van der Waals surface area contributed by atoms with Crippen molar-refractivity contribution in [3.63, 3.8) is 0 Å². The van der Waals surface area contributed by atoms with E-state index in [4.69, 9.17) is 4.74 Å². The van der Waals surface area contributed by atoms with Gasteiger partial charge in [-0.15, -0.1) is 0 Å². The van der Waals surface area contributed by atoms with Gasteiger partial charge >= 0.3 is 0 Å². The maximum absolute atomic E-state index is 11.8. The third kappa shape index (κ3) is 2.09. The minimum absolute atomic E-state index is 0.182. The van der Waals surface area contributed by atoms with Crippen LogP contribution in [0.3, 0.4) is 0 Å². The first-order valence-corrected chi connectivity index (χ1v) is 5.79. The number of epoxide rings is 1. The molecule has 1 saturated carbocycles. The smallest absolute Gasteiger partial charge is 0.223 e. The Morgan fingerprint density at radius 2 is 2.12 bits per heavy atom. The van der Waals surface area contributed by atoms with Crippen LogP contribution in [0.5, 0.6) is 0 Å². The van der Waals surface area contributed by atoms with E-state index >= 15 is 0 Å². The molecule has 1 N–H and O–H groups in total. The van der Waals surface area contributed by atoms with Gasteiger partial charge in [-0.05, 0) is 17.9 Å². The Labute approximate surface area is 94.8 Å². The lowest BCUT2D eigenvalue weighted by Gasteiger charge is -2.02. The molecule has 1 aromatic carbocycles. The molecule has 2 aliphatic rings. The molecule has 1 heterocycles. The molecule has 0 unspecified atom stereocenters. The first-order valence-electron chi connectivity index (χ1n) is 5.79. The number of ether oxygens (including phenoxy) is 1. The van der Waals surface area contributed by atoms with Crippen LogP contribution < -0.4 is 5.32 Å². The van der Waals surface area contributed by atoms with Crippen LogP contribution in [0.2, 0.25) is 0 Å². The molecule has 0 bridgehead atoms. The van der Waals surface area contributed by atoms with E-state index in [1.807, 2.05) is 18.2 Å². The molecule has 3 heteroatoms. The highest BCUT2D eigenvalue weighted by molar-refractivity contribution is 5.82. The maximum atomic E-state index is 11.8. The molecule has 0 spiro atoms. The summed E-state index contributed by atoms with van der Waals surface area (Å²) in [5.74, 6) is 0.798. The summed E-state index contributed by atoms with van der Waals surface area (Å²) in [5.41, 5.74) is 1.28. The maximum Gasteiger partial charge on any atom is 0.223 e. The van der Waals surface area contributed by atoms with E-state index < -0.39 is 0 Å². The van der Waals surface area contributed by atoms with E-state index in [9.17, 15) is 4.79 Å². The minimum Gasteiger partial charge on any atom is -0.371 e. The number of carbonyl (C=O) groups is 1. The zero-order valence-electron chi connectivity index (χ0n) is 9.06. The third-order valence-corrected chi connectivity index (χ3v) is 3.26. The average Bonchev–Trinajstić information content (AvgIpc) is 3.19. The van der Waals surface area contributed by atoms with Gasteiger partial charge in [0.1, 0.15) is 0 Å². The summed E-state index contributed by atoms with van der Waals surface area (Å²) in [6.45, 7) is 1.48. The first kappa shape index (κ1) is 9.85. The molecule has 1 aliphatic carbocycles. The molecule has 3 rings (SSSR count). The molecule has 1 amide bonds. The fraction of sp³-hybridized carbons (Fsp3) is 0.462. The highest BCUT2D eigenvalue weighted by Crippen LogP contribution is 2.47. The van der Waals surface area contributed by atoms with Gasteiger partial charge < -0.3 is 10.1 Å². The molecule has 0 radical (unpaired) electrons. The highest BCUT2D eigenvalue weighted by atomic mass is 16.6. The fourth-order valence-corrected chi connectivity index (χ4v) is 2.08. The van der Waals surface area contributed by atoms with Gasteiger partial charge in [0.05, 0.1) is 12.7 Å². The highest BCUT2D eigenvalue weighted by Gasteiger charge is 2.44. The van der Waals surface area contributed by atoms with Gasteiger partial charge in [-0.1, -0.05) is 30.3 Å². The second kappa shape index (κ2) is 3.91. The lowest BCUT2D eigenvalue weighted by Crippen LogP contribution is -2.29. The van der Waals surface area contributed by atoms with Crippen molar-refractivity contribution >= 4 is 5.91 Å². The van der Waals surface area contributed by atoms with Crippen LogP contribution in [-0.4, -0.2) is 25.2 Å². The van der Waals surface area contributed by atoms with Crippen molar-refractivity contribution in [3.8, 4) is 0 Å². The molecule has 1 aromatic rings. The van der Waals surface area contributed by atoms with Crippen LogP contribution in [0.4, 0.5) is 0 Å². The zero-order valence-corrected chi connectivity index (χ0v) is 9.06. The summed E-state index contributed by atoms with van der Waals surface area (Å²) in [4.78, 5) is 11.8. The summed E-state index contributed by atoms with van der Waals surface area (Å²) in [5, 5.41) is 2.94. The lowest BCUT2D eigenvalue weighted by molar-refractivity contribution is -0.122. The van der Waals surface area contributed by atoms with Crippen molar-refractivity contribution in [3.05, 3.63) is 35.9 Å². The van der Waals surface area contributed by atoms with Crippen LogP contribution in [0.15, 0.2) is 30.3 Å². The Kier molecular flexibility index (Phi) is 2.40. The molecular weight excluding hydrogens is 202 g/mol. The third-order valence-electron chi connectivity index (χ3n) is 3.26. The summed E-state index contributed by atoms with van der Waals surface area (Å²) in [6.07, 6.45) is 1.26. The van der Waals surface area contributed by atoms with Crippen molar-refractivity contribution in [2.45, 2.75) is 18.4 Å². The van der Waals surface area contributed by atoms with E-state index in [2.05, 4.69) is 17.4 Å².